The minimum Gasteiger partial charge on any atom is -0.503 e. The van der Waals surface area contributed by atoms with Gasteiger partial charge in [-0.1, -0.05) is 13.2 Å². The van der Waals surface area contributed by atoms with Gasteiger partial charge in [0, 0.05) is 13.2 Å². The number of rotatable bonds is 6. The summed E-state index contributed by atoms with van der Waals surface area (Å²) in [5.74, 6) is -1.64. The van der Waals surface area contributed by atoms with Gasteiger partial charge in [0.05, 0.1) is 0 Å². The second-order valence-corrected chi connectivity index (χ2v) is 2.74. The molecule has 0 rings (SSSR count). The molecule has 0 aromatic heterocycles. The number of primary amides is 1. The Bertz CT molecular complexity index is 239. The van der Waals surface area contributed by atoms with E-state index in [1.54, 1.807) is 0 Å². The third kappa shape index (κ3) is 14.7. The Morgan fingerprint density at radius 1 is 1.38 bits per heavy atom. The zero-order chi connectivity index (χ0) is 13.0. The molecule has 0 saturated heterocycles. The van der Waals surface area contributed by atoms with Gasteiger partial charge in [-0.15, -0.1) is 0 Å². The summed E-state index contributed by atoms with van der Waals surface area (Å²) >= 11 is 0. The number of nitrogens with two attached hydrogens (primary N) is 1. The Balaban J connectivity index is 0. The average molecular weight is 230 g/mol. The van der Waals surface area contributed by atoms with Crippen molar-refractivity contribution in [1.29, 1.82) is 0 Å². The molecule has 0 spiro atoms. The van der Waals surface area contributed by atoms with Crippen molar-refractivity contribution in [3.8, 4) is 0 Å². The summed E-state index contributed by atoms with van der Waals surface area (Å²) in [4.78, 5) is 20.1. The van der Waals surface area contributed by atoms with Crippen LogP contribution in [0, 0.1) is 0 Å². The molecule has 0 aromatic carbocycles. The van der Waals surface area contributed by atoms with Crippen molar-refractivity contribution in [2.24, 2.45) is 5.73 Å². The van der Waals surface area contributed by atoms with Crippen molar-refractivity contribution in [2.75, 3.05) is 13.2 Å². The molecule has 0 aliphatic heterocycles. The summed E-state index contributed by atoms with van der Waals surface area (Å²) in [5, 5.41) is 18.9. The normalized spacial score (nSPS) is 8.31. The topological polar surface area (TPSA) is 113 Å². The van der Waals surface area contributed by atoms with Gasteiger partial charge in [0.15, 0.2) is 5.76 Å². The fourth-order valence-corrected chi connectivity index (χ4v) is 0.521. The van der Waals surface area contributed by atoms with E-state index in [2.05, 4.69) is 24.2 Å². The monoisotopic (exact) mass is 230 g/mol. The van der Waals surface area contributed by atoms with E-state index in [0.29, 0.717) is 6.54 Å². The lowest BCUT2D eigenvalue weighted by Gasteiger charge is -1.98. The first-order valence-corrected chi connectivity index (χ1v) is 4.64. The van der Waals surface area contributed by atoms with Crippen LogP contribution in [0.15, 0.2) is 25.0 Å². The number of aliphatic hydroxyl groups excluding tert-OH is 2. The summed E-state index contributed by atoms with van der Waals surface area (Å²) in [7, 11) is 0. The molecule has 0 heterocycles. The zero-order valence-corrected chi connectivity index (χ0v) is 9.11. The molecule has 0 fully saturated rings. The largest absolute Gasteiger partial charge is 0.503 e. The molecule has 0 aromatic rings. The Morgan fingerprint density at radius 3 is 2.19 bits per heavy atom. The van der Waals surface area contributed by atoms with Crippen molar-refractivity contribution in [1.82, 2.24) is 5.32 Å². The number of nitrogens with one attached hydrogen (secondary N) is 1. The van der Waals surface area contributed by atoms with Gasteiger partial charge >= 0.3 is 0 Å². The Morgan fingerprint density at radius 2 is 1.88 bits per heavy atom. The van der Waals surface area contributed by atoms with Crippen LogP contribution in [0.1, 0.15) is 12.8 Å². The number of carbonyl (C=O) groups excluding carboxylic acids is 2. The lowest BCUT2D eigenvalue weighted by Crippen LogP contribution is -2.21. The molecule has 0 aliphatic rings. The maximum atomic E-state index is 10.5. The summed E-state index contributed by atoms with van der Waals surface area (Å²) < 4.78 is 0. The summed E-state index contributed by atoms with van der Waals surface area (Å²) in [6, 6.07) is 0. The van der Waals surface area contributed by atoms with Crippen LogP contribution in [0.25, 0.3) is 0 Å². The molecule has 0 bridgehead atoms. The Kier molecular flexibility index (Phi) is 11.7. The SMILES string of the molecule is C=C(O)C(N)=O.C=CC(=O)NCCCCO. The summed E-state index contributed by atoms with van der Waals surface area (Å²) in [5.41, 5.74) is 4.45. The second-order valence-electron chi connectivity index (χ2n) is 2.74. The number of carbonyl (C=O) groups is 2. The third-order valence-corrected chi connectivity index (χ3v) is 1.35. The molecule has 0 aliphatic carbocycles. The van der Waals surface area contributed by atoms with Gasteiger partial charge in [0.2, 0.25) is 5.91 Å². The van der Waals surface area contributed by atoms with Crippen molar-refractivity contribution in [3.05, 3.63) is 25.0 Å². The van der Waals surface area contributed by atoms with Crippen LogP contribution in [0.5, 0.6) is 0 Å². The van der Waals surface area contributed by atoms with E-state index in [1.807, 2.05) is 0 Å². The summed E-state index contributed by atoms with van der Waals surface area (Å²) in [6.45, 7) is 6.93. The molecule has 6 nitrogen and oxygen atoms in total. The maximum absolute atomic E-state index is 10.5. The molecule has 5 N–H and O–H groups in total. The van der Waals surface area contributed by atoms with Crippen LogP contribution >= 0.6 is 0 Å². The minimum atomic E-state index is -0.880. The molecule has 0 atom stereocenters. The highest BCUT2D eigenvalue weighted by Crippen LogP contribution is 1.83. The Labute approximate surface area is 94.5 Å². The predicted molar refractivity (Wildman–Crippen MR) is 60.5 cm³/mol. The number of hydrogen-bond acceptors (Lipinski definition) is 4. The third-order valence-electron chi connectivity index (χ3n) is 1.35. The van der Waals surface area contributed by atoms with E-state index >= 15 is 0 Å². The summed E-state index contributed by atoms with van der Waals surface area (Å²) in [6.07, 6.45) is 2.78. The van der Waals surface area contributed by atoms with Crippen LogP contribution in [-0.2, 0) is 9.59 Å². The van der Waals surface area contributed by atoms with E-state index in [1.165, 1.54) is 6.08 Å². The predicted octanol–water partition coefficient (Wildman–Crippen LogP) is -0.396. The van der Waals surface area contributed by atoms with E-state index in [4.69, 9.17) is 10.2 Å². The van der Waals surface area contributed by atoms with Gasteiger partial charge in [-0.25, -0.2) is 0 Å². The smallest absolute Gasteiger partial charge is 0.282 e. The van der Waals surface area contributed by atoms with E-state index in [0.717, 1.165) is 12.8 Å². The fourth-order valence-electron chi connectivity index (χ4n) is 0.521. The lowest BCUT2D eigenvalue weighted by atomic mass is 10.3. The average Bonchev–Trinajstić information content (AvgIpc) is 2.24. The first-order valence-electron chi connectivity index (χ1n) is 4.64. The van der Waals surface area contributed by atoms with E-state index < -0.39 is 11.7 Å². The molecule has 0 saturated carbocycles. The number of hydrogen-bond donors (Lipinski definition) is 4. The highest BCUT2D eigenvalue weighted by atomic mass is 16.3. The highest BCUT2D eigenvalue weighted by molar-refractivity contribution is 5.88. The van der Waals surface area contributed by atoms with Crippen LogP contribution in [0.3, 0.4) is 0 Å². The molecule has 2 amide bonds. The molecular weight excluding hydrogens is 212 g/mol. The molecule has 0 unspecified atom stereocenters. The van der Waals surface area contributed by atoms with E-state index in [9.17, 15) is 9.59 Å². The number of amides is 2. The standard InChI is InChI=1S/C7H13NO2.C3H5NO2/c1-2-7(10)8-5-3-4-6-9;1-2(5)3(4)6/h2,9H,1,3-6H2,(H,8,10);5H,1H2,(H2,4,6). The molecule has 0 radical (unpaired) electrons. The van der Waals surface area contributed by atoms with Crippen molar-refractivity contribution >= 4 is 11.8 Å². The molecule has 6 heteroatoms. The van der Waals surface area contributed by atoms with Crippen LogP contribution in [-0.4, -0.2) is 35.2 Å². The first-order chi connectivity index (χ1) is 7.45. The molecule has 92 valence electrons. The number of aliphatic hydroxyl groups is 2. The van der Waals surface area contributed by atoms with Gasteiger partial charge < -0.3 is 21.3 Å². The van der Waals surface area contributed by atoms with Gasteiger partial charge in [-0.3, -0.25) is 9.59 Å². The second kappa shape index (κ2) is 11.3. The van der Waals surface area contributed by atoms with Crippen molar-refractivity contribution in [2.45, 2.75) is 12.8 Å². The Hall–Kier alpha value is -1.82. The first kappa shape index (κ1) is 16.6. The zero-order valence-electron chi connectivity index (χ0n) is 9.11. The van der Waals surface area contributed by atoms with Gasteiger partial charge in [-0.05, 0) is 18.9 Å². The fraction of sp³-hybridized carbons (Fsp3) is 0.400. The lowest BCUT2D eigenvalue weighted by molar-refractivity contribution is -0.117. The van der Waals surface area contributed by atoms with E-state index in [-0.39, 0.29) is 12.5 Å². The van der Waals surface area contributed by atoms with Crippen LogP contribution in [0.4, 0.5) is 0 Å². The van der Waals surface area contributed by atoms with Crippen LogP contribution < -0.4 is 11.1 Å². The quantitative estimate of drug-likeness (QED) is 0.282. The number of unbranched alkanes of at least 4 members (excludes halogenated alkanes) is 1. The van der Waals surface area contributed by atoms with Crippen molar-refractivity contribution in [3.63, 3.8) is 0 Å². The van der Waals surface area contributed by atoms with Gasteiger partial charge in [-0.2, -0.15) is 0 Å². The molecule has 16 heavy (non-hydrogen) atoms. The van der Waals surface area contributed by atoms with Crippen LogP contribution in [0.2, 0.25) is 0 Å². The maximum Gasteiger partial charge on any atom is 0.282 e. The highest BCUT2D eigenvalue weighted by Gasteiger charge is 1.91. The van der Waals surface area contributed by atoms with Gasteiger partial charge in [0.1, 0.15) is 0 Å². The molecular formula is C10H18N2O4. The van der Waals surface area contributed by atoms with Crippen molar-refractivity contribution < 1.29 is 19.8 Å². The minimum absolute atomic E-state index is 0.155. The van der Waals surface area contributed by atoms with Gasteiger partial charge in [0.25, 0.3) is 5.91 Å².